The molecule has 0 spiro atoms. The van der Waals surface area contributed by atoms with Gasteiger partial charge in [-0.05, 0) is 49.6 Å². The Balaban J connectivity index is 1.77. The van der Waals surface area contributed by atoms with Gasteiger partial charge in [0.25, 0.3) is 5.91 Å². The maximum Gasteiger partial charge on any atom is 0.253 e. The van der Waals surface area contributed by atoms with E-state index in [9.17, 15) is 13.2 Å². The van der Waals surface area contributed by atoms with E-state index >= 15 is 0 Å². The molecule has 0 N–H and O–H groups in total. The number of carbonyl (C=O) groups is 1. The third-order valence-electron chi connectivity index (χ3n) is 4.94. The van der Waals surface area contributed by atoms with Crippen LogP contribution in [0.2, 0.25) is 0 Å². The van der Waals surface area contributed by atoms with Crippen molar-refractivity contribution in [2.24, 2.45) is 0 Å². The quantitative estimate of drug-likeness (QED) is 0.670. The summed E-state index contributed by atoms with van der Waals surface area (Å²) in [7, 11) is -3.63. The van der Waals surface area contributed by atoms with Crippen molar-refractivity contribution in [1.82, 2.24) is 9.21 Å². The van der Waals surface area contributed by atoms with Crippen molar-refractivity contribution in [3.8, 4) is 0 Å². The first-order valence-electron chi connectivity index (χ1n) is 9.48. The lowest BCUT2D eigenvalue weighted by atomic mass is 10.1. The lowest BCUT2D eigenvalue weighted by molar-refractivity contribution is 0.0793. The monoisotopic (exact) mass is 398 g/mol. The zero-order valence-corrected chi connectivity index (χ0v) is 17.0. The number of amides is 1. The van der Waals surface area contributed by atoms with Crippen molar-refractivity contribution in [2.75, 3.05) is 19.6 Å². The molecule has 1 aliphatic rings. The number of benzene rings is 2. The Morgan fingerprint density at radius 3 is 2.25 bits per heavy atom. The Morgan fingerprint density at radius 2 is 1.68 bits per heavy atom. The third-order valence-corrected chi connectivity index (χ3v) is 6.77. The van der Waals surface area contributed by atoms with E-state index in [0.717, 1.165) is 37.1 Å². The van der Waals surface area contributed by atoms with Gasteiger partial charge >= 0.3 is 0 Å². The van der Waals surface area contributed by atoms with E-state index in [-0.39, 0.29) is 23.9 Å². The van der Waals surface area contributed by atoms with Gasteiger partial charge in [-0.15, -0.1) is 6.58 Å². The number of rotatable bonds is 7. The summed E-state index contributed by atoms with van der Waals surface area (Å²) >= 11 is 0. The van der Waals surface area contributed by atoms with Crippen LogP contribution in [0, 0.1) is 6.92 Å². The minimum absolute atomic E-state index is 0.0410. The van der Waals surface area contributed by atoms with Crippen molar-refractivity contribution in [1.29, 1.82) is 0 Å². The lowest BCUT2D eigenvalue weighted by Gasteiger charge is -2.21. The number of nitrogens with zero attached hydrogens (tertiary/aromatic N) is 2. The summed E-state index contributed by atoms with van der Waals surface area (Å²) in [5, 5.41) is 0. The van der Waals surface area contributed by atoms with E-state index in [0.29, 0.717) is 5.56 Å². The van der Waals surface area contributed by atoms with Gasteiger partial charge < -0.3 is 4.90 Å². The lowest BCUT2D eigenvalue weighted by Crippen LogP contribution is -2.31. The number of sulfonamides is 1. The zero-order chi connectivity index (χ0) is 20.1. The SMILES string of the molecule is C=CCN(Cc1ccc(C(=O)N2CCCC2)cc1)S(=O)(=O)c1ccc(C)cc1. The molecule has 2 aromatic rings. The van der Waals surface area contributed by atoms with Gasteiger partial charge in [-0.2, -0.15) is 4.31 Å². The molecular weight excluding hydrogens is 372 g/mol. The number of hydrogen-bond donors (Lipinski definition) is 0. The molecule has 3 rings (SSSR count). The molecule has 2 aromatic carbocycles. The van der Waals surface area contributed by atoms with Crippen LogP contribution in [-0.2, 0) is 16.6 Å². The fourth-order valence-corrected chi connectivity index (χ4v) is 4.71. The molecule has 0 aromatic heterocycles. The molecule has 28 heavy (non-hydrogen) atoms. The van der Waals surface area contributed by atoms with Gasteiger partial charge in [0.2, 0.25) is 10.0 Å². The maximum atomic E-state index is 13.0. The van der Waals surface area contributed by atoms with Crippen LogP contribution in [0.25, 0.3) is 0 Å². The molecule has 1 heterocycles. The normalized spacial score (nSPS) is 14.4. The molecule has 0 saturated carbocycles. The third kappa shape index (κ3) is 4.51. The van der Waals surface area contributed by atoms with Crippen LogP contribution in [0.3, 0.4) is 0 Å². The van der Waals surface area contributed by atoms with Crippen molar-refractivity contribution in [3.63, 3.8) is 0 Å². The minimum Gasteiger partial charge on any atom is -0.339 e. The summed E-state index contributed by atoms with van der Waals surface area (Å²) in [5.74, 6) is 0.0410. The summed E-state index contributed by atoms with van der Waals surface area (Å²) in [6.07, 6.45) is 3.69. The largest absolute Gasteiger partial charge is 0.339 e. The standard InChI is InChI=1S/C22H26N2O3S/c1-3-14-24(28(26,27)21-12-6-18(2)7-13-21)17-19-8-10-20(11-9-19)22(25)23-15-4-5-16-23/h3,6-13H,1,4-5,14-17H2,2H3. The van der Waals surface area contributed by atoms with E-state index in [4.69, 9.17) is 0 Å². The van der Waals surface area contributed by atoms with Gasteiger partial charge in [0.1, 0.15) is 0 Å². The fraction of sp³-hybridized carbons (Fsp3) is 0.318. The first kappa shape index (κ1) is 20.3. The van der Waals surface area contributed by atoms with Gasteiger partial charge in [-0.3, -0.25) is 4.79 Å². The van der Waals surface area contributed by atoms with Gasteiger partial charge in [0.15, 0.2) is 0 Å². The van der Waals surface area contributed by atoms with Gasteiger partial charge in [-0.1, -0.05) is 35.9 Å². The van der Waals surface area contributed by atoms with E-state index in [1.807, 2.05) is 24.0 Å². The van der Waals surface area contributed by atoms with Gasteiger partial charge in [0.05, 0.1) is 4.90 Å². The van der Waals surface area contributed by atoms with Crippen LogP contribution in [0.15, 0.2) is 66.1 Å². The predicted octanol–water partition coefficient (Wildman–Crippen LogP) is 3.61. The van der Waals surface area contributed by atoms with E-state index in [1.54, 1.807) is 42.5 Å². The Morgan fingerprint density at radius 1 is 1.07 bits per heavy atom. The molecule has 1 aliphatic heterocycles. The summed E-state index contributed by atoms with van der Waals surface area (Å²) in [6, 6.07) is 14.0. The van der Waals surface area contributed by atoms with Gasteiger partial charge in [-0.25, -0.2) is 8.42 Å². The molecule has 5 nitrogen and oxygen atoms in total. The van der Waals surface area contributed by atoms with E-state index < -0.39 is 10.0 Å². The van der Waals surface area contributed by atoms with E-state index in [1.165, 1.54) is 4.31 Å². The molecule has 0 atom stereocenters. The number of aryl methyl sites for hydroxylation is 1. The summed E-state index contributed by atoms with van der Waals surface area (Å²) in [6.45, 7) is 7.66. The average molecular weight is 399 g/mol. The second kappa shape index (κ2) is 8.71. The van der Waals surface area contributed by atoms with Crippen molar-refractivity contribution in [2.45, 2.75) is 31.2 Å². The van der Waals surface area contributed by atoms with E-state index in [2.05, 4.69) is 6.58 Å². The smallest absolute Gasteiger partial charge is 0.253 e. The van der Waals surface area contributed by atoms with Crippen molar-refractivity contribution >= 4 is 15.9 Å². The minimum atomic E-state index is -3.63. The second-order valence-corrected chi connectivity index (χ2v) is 9.03. The van der Waals surface area contributed by atoms with Crippen LogP contribution >= 0.6 is 0 Å². The zero-order valence-electron chi connectivity index (χ0n) is 16.2. The van der Waals surface area contributed by atoms with Crippen molar-refractivity contribution < 1.29 is 13.2 Å². The molecule has 0 bridgehead atoms. The first-order chi connectivity index (χ1) is 13.4. The first-order valence-corrected chi connectivity index (χ1v) is 10.9. The van der Waals surface area contributed by atoms with Crippen molar-refractivity contribution in [3.05, 3.63) is 77.9 Å². The summed E-state index contributed by atoms with van der Waals surface area (Å²) in [5.41, 5.74) is 2.48. The summed E-state index contributed by atoms with van der Waals surface area (Å²) < 4.78 is 27.4. The average Bonchev–Trinajstić information content (AvgIpc) is 3.23. The molecule has 1 fully saturated rings. The highest BCUT2D eigenvalue weighted by Crippen LogP contribution is 2.20. The van der Waals surface area contributed by atoms with Crippen LogP contribution < -0.4 is 0 Å². The highest BCUT2D eigenvalue weighted by Gasteiger charge is 2.24. The maximum absolute atomic E-state index is 13.0. The molecular formula is C22H26N2O3S. The van der Waals surface area contributed by atoms with Crippen LogP contribution in [0.1, 0.15) is 34.3 Å². The molecule has 0 unspecified atom stereocenters. The fourth-order valence-electron chi connectivity index (χ4n) is 3.31. The van der Waals surface area contributed by atoms with Crippen LogP contribution in [0.5, 0.6) is 0 Å². The van der Waals surface area contributed by atoms with Crippen LogP contribution in [0.4, 0.5) is 0 Å². The Labute approximate surface area is 167 Å². The summed E-state index contributed by atoms with van der Waals surface area (Å²) in [4.78, 5) is 14.6. The second-order valence-electron chi connectivity index (χ2n) is 7.10. The molecule has 148 valence electrons. The number of likely N-dealkylation sites (tertiary alicyclic amines) is 1. The Kier molecular flexibility index (Phi) is 6.31. The highest BCUT2D eigenvalue weighted by molar-refractivity contribution is 7.89. The Hall–Kier alpha value is -2.44. The Bertz CT molecular complexity index is 929. The molecule has 1 saturated heterocycles. The number of hydrogen-bond acceptors (Lipinski definition) is 3. The van der Waals surface area contributed by atoms with Crippen LogP contribution in [-0.4, -0.2) is 43.2 Å². The molecule has 0 radical (unpaired) electrons. The molecule has 1 amide bonds. The molecule has 0 aliphatic carbocycles. The molecule has 6 heteroatoms. The number of carbonyl (C=O) groups excluding carboxylic acids is 1. The van der Waals surface area contributed by atoms with Gasteiger partial charge in [0, 0.05) is 31.7 Å². The predicted molar refractivity (Wildman–Crippen MR) is 111 cm³/mol. The highest BCUT2D eigenvalue weighted by atomic mass is 32.2. The topological polar surface area (TPSA) is 57.7 Å².